The maximum Gasteiger partial charge on any atom is 0.251 e. The molecule has 2 aromatic rings. The van der Waals surface area contributed by atoms with Gasteiger partial charge in [-0.2, -0.15) is 0 Å². The van der Waals surface area contributed by atoms with E-state index in [9.17, 15) is 4.79 Å². The number of carbonyl (C=O) groups excluding carboxylic acids is 1. The van der Waals surface area contributed by atoms with Gasteiger partial charge >= 0.3 is 0 Å². The summed E-state index contributed by atoms with van der Waals surface area (Å²) in [5.41, 5.74) is 0.766. The molecule has 0 spiro atoms. The highest BCUT2D eigenvalue weighted by Crippen LogP contribution is 2.20. The summed E-state index contributed by atoms with van der Waals surface area (Å²) in [6, 6.07) is 3.64. The normalized spacial score (nSPS) is 22.0. The quantitative estimate of drug-likeness (QED) is 0.825. The maximum atomic E-state index is 12.4. The summed E-state index contributed by atoms with van der Waals surface area (Å²) in [6.45, 7) is 3.50. The van der Waals surface area contributed by atoms with E-state index in [4.69, 9.17) is 16.3 Å². The van der Waals surface area contributed by atoms with Crippen molar-refractivity contribution in [1.29, 1.82) is 0 Å². The highest BCUT2D eigenvalue weighted by Gasteiger charge is 2.31. The van der Waals surface area contributed by atoms with Crippen molar-refractivity contribution in [3.63, 3.8) is 0 Å². The third-order valence-electron chi connectivity index (χ3n) is 4.43. The van der Waals surface area contributed by atoms with E-state index in [2.05, 4.69) is 15.1 Å². The van der Waals surface area contributed by atoms with Gasteiger partial charge in [0, 0.05) is 39.0 Å². The molecule has 0 aromatic carbocycles. The molecular formula is C15H18ClN5O2. The van der Waals surface area contributed by atoms with Crippen molar-refractivity contribution < 1.29 is 9.53 Å². The Labute approximate surface area is 138 Å². The molecule has 1 atom stereocenters. The van der Waals surface area contributed by atoms with Crippen molar-refractivity contribution >= 4 is 29.1 Å². The third kappa shape index (κ3) is 2.74. The number of nitrogens with zero attached hydrogens (tertiary/aromatic N) is 5. The molecule has 4 heterocycles. The number of ether oxygens (including phenoxy) is 1. The number of hydrogen-bond acceptors (Lipinski definition) is 5. The molecule has 2 aliphatic rings. The number of amides is 1. The second-order valence-electron chi connectivity index (χ2n) is 5.89. The van der Waals surface area contributed by atoms with Crippen molar-refractivity contribution in [2.45, 2.75) is 18.9 Å². The molecule has 122 valence electrons. The summed E-state index contributed by atoms with van der Waals surface area (Å²) in [5, 5.41) is 9.07. The predicted octanol–water partition coefficient (Wildman–Crippen LogP) is 1.21. The zero-order chi connectivity index (χ0) is 15.8. The fourth-order valence-corrected chi connectivity index (χ4v) is 3.33. The van der Waals surface area contributed by atoms with Gasteiger partial charge in [0.2, 0.25) is 5.95 Å². The lowest BCUT2D eigenvalue weighted by molar-refractivity contribution is -0.141. The SMILES string of the molecule is O=C(C1CCCO1)N1CCN(c2nnc3ccc(Cl)cn23)CC1. The molecule has 2 aliphatic heterocycles. The standard InChI is InChI=1S/C15H18ClN5O2/c16-11-3-4-13-17-18-15(21(13)10-11)20-7-5-19(6-8-20)14(22)12-2-1-9-23-12/h3-4,10,12H,1-2,5-9H2. The molecule has 0 saturated carbocycles. The zero-order valence-electron chi connectivity index (χ0n) is 12.7. The van der Waals surface area contributed by atoms with Crippen molar-refractivity contribution in [3.05, 3.63) is 23.4 Å². The van der Waals surface area contributed by atoms with E-state index in [1.165, 1.54) is 0 Å². The number of halogens is 1. The Balaban J connectivity index is 1.46. The minimum absolute atomic E-state index is 0.122. The predicted molar refractivity (Wildman–Crippen MR) is 85.8 cm³/mol. The van der Waals surface area contributed by atoms with E-state index < -0.39 is 0 Å². The van der Waals surface area contributed by atoms with Crippen LogP contribution in [0.2, 0.25) is 5.02 Å². The smallest absolute Gasteiger partial charge is 0.251 e. The molecule has 2 fully saturated rings. The molecule has 2 aromatic heterocycles. The van der Waals surface area contributed by atoms with Crippen LogP contribution in [0.25, 0.3) is 5.65 Å². The van der Waals surface area contributed by atoms with Crippen molar-refractivity contribution in [2.24, 2.45) is 0 Å². The summed E-state index contributed by atoms with van der Waals surface area (Å²) in [6.07, 6.45) is 3.39. The number of carbonyl (C=O) groups is 1. The first-order valence-corrected chi connectivity index (χ1v) is 8.26. The Morgan fingerprint density at radius 1 is 1.22 bits per heavy atom. The molecule has 7 nitrogen and oxygen atoms in total. The number of hydrogen-bond donors (Lipinski definition) is 0. The van der Waals surface area contributed by atoms with E-state index in [1.807, 2.05) is 21.6 Å². The highest BCUT2D eigenvalue weighted by atomic mass is 35.5. The van der Waals surface area contributed by atoms with Gasteiger partial charge in [0.1, 0.15) is 6.10 Å². The molecule has 1 unspecified atom stereocenters. The maximum absolute atomic E-state index is 12.4. The summed E-state index contributed by atoms with van der Waals surface area (Å²) >= 11 is 6.06. The second kappa shape index (κ2) is 5.98. The Morgan fingerprint density at radius 3 is 2.78 bits per heavy atom. The minimum atomic E-state index is -0.241. The average Bonchev–Trinajstić information content (AvgIpc) is 3.24. The van der Waals surface area contributed by atoms with E-state index in [1.54, 1.807) is 6.07 Å². The largest absolute Gasteiger partial charge is 0.368 e. The van der Waals surface area contributed by atoms with Crippen molar-refractivity contribution in [1.82, 2.24) is 19.5 Å². The summed E-state index contributed by atoms with van der Waals surface area (Å²) in [4.78, 5) is 16.4. The minimum Gasteiger partial charge on any atom is -0.368 e. The third-order valence-corrected chi connectivity index (χ3v) is 4.65. The molecule has 2 saturated heterocycles. The van der Waals surface area contributed by atoms with E-state index >= 15 is 0 Å². The second-order valence-corrected chi connectivity index (χ2v) is 6.33. The number of aromatic nitrogens is 3. The zero-order valence-corrected chi connectivity index (χ0v) is 13.4. The van der Waals surface area contributed by atoms with Gasteiger partial charge in [0.05, 0.1) is 5.02 Å². The monoisotopic (exact) mass is 335 g/mol. The van der Waals surface area contributed by atoms with Gasteiger partial charge in [0.15, 0.2) is 5.65 Å². The van der Waals surface area contributed by atoms with Crippen LogP contribution < -0.4 is 4.90 Å². The highest BCUT2D eigenvalue weighted by molar-refractivity contribution is 6.30. The molecule has 4 rings (SSSR count). The topological polar surface area (TPSA) is 63.0 Å². The first kappa shape index (κ1) is 14.7. The first-order chi connectivity index (χ1) is 11.2. The number of rotatable bonds is 2. The molecule has 0 bridgehead atoms. The van der Waals surface area contributed by atoms with Gasteiger partial charge in [-0.3, -0.25) is 9.20 Å². The first-order valence-electron chi connectivity index (χ1n) is 7.88. The van der Waals surface area contributed by atoms with Crippen molar-refractivity contribution in [2.75, 3.05) is 37.7 Å². The van der Waals surface area contributed by atoms with Crippen LogP contribution in [0, 0.1) is 0 Å². The summed E-state index contributed by atoms with van der Waals surface area (Å²) < 4.78 is 7.38. The van der Waals surface area contributed by atoms with Crippen LogP contribution >= 0.6 is 11.6 Å². The number of piperazine rings is 1. The van der Waals surface area contributed by atoms with Crippen LogP contribution in [-0.4, -0.2) is 64.3 Å². The van der Waals surface area contributed by atoms with Crippen LogP contribution in [0.4, 0.5) is 5.95 Å². The lowest BCUT2D eigenvalue weighted by Crippen LogP contribution is -2.51. The van der Waals surface area contributed by atoms with Gasteiger partial charge in [-0.15, -0.1) is 10.2 Å². The van der Waals surface area contributed by atoms with Crippen LogP contribution in [0.3, 0.4) is 0 Å². The van der Waals surface area contributed by atoms with Crippen molar-refractivity contribution in [3.8, 4) is 0 Å². The molecule has 8 heteroatoms. The van der Waals surface area contributed by atoms with E-state index in [-0.39, 0.29) is 12.0 Å². The summed E-state index contributed by atoms with van der Waals surface area (Å²) in [5.74, 6) is 0.892. The van der Waals surface area contributed by atoms with E-state index in [0.717, 1.165) is 37.5 Å². The van der Waals surface area contributed by atoms with Crippen LogP contribution in [0.15, 0.2) is 18.3 Å². The molecule has 0 N–H and O–H groups in total. The molecule has 1 amide bonds. The van der Waals surface area contributed by atoms with Gasteiger partial charge in [-0.05, 0) is 25.0 Å². The van der Waals surface area contributed by atoms with Gasteiger partial charge in [-0.25, -0.2) is 0 Å². The number of pyridine rings is 1. The molecule has 23 heavy (non-hydrogen) atoms. The van der Waals surface area contributed by atoms with Crippen LogP contribution in [-0.2, 0) is 9.53 Å². The van der Waals surface area contributed by atoms with E-state index in [0.29, 0.717) is 24.7 Å². The Kier molecular flexibility index (Phi) is 3.82. The van der Waals surface area contributed by atoms with Crippen LogP contribution in [0.1, 0.15) is 12.8 Å². The molecular weight excluding hydrogens is 318 g/mol. The fourth-order valence-electron chi connectivity index (χ4n) is 3.17. The van der Waals surface area contributed by atoms with Gasteiger partial charge in [0.25, 0.3) is 5.91 Å². The van der Waals surface area contributed by atoms with Gasteiger partial charge < -0.3 is 14.5 Å². The summed E-state index contributed by atoms with van der Waals surface area (Å²) in [7, 11) is 0. The Hall–Kier alpha value is -1.86. The molecule has 0 radical (unpaired) electrons. The van der Waals surface area contributed by atoms with Gasteiger partial charge in [-0.1, -0.05) is 11.6 Å². The fraction of sp³-hybridized carbons (Fsp3) is 0.533. The number of fused-ring (bicyclic) bond motifs is 1. The molecule has 0 aliphatic carbocycles. The average molecular weight is 336 g/mol. The Morgan fingerprint density at radius 2 is 2.04 bits per heavy atom. The lowest BCUT2D eigenvalue weighted by atomic mass is 10.2. The lowest BCUT2D eigenvalue weighted by Gasteiger charge is -2.35. The number of anilines is 1. The Bertz CT molecular complexity index is 720. The van der Waals surface area contributed by atoms with Crippen LogP contribution in [0.5, 0.6) is 0 Å².